The molecule has 3 rings (SSSR count). The van der Waals surface area contributed by atoms with Crippen molar-refractivity contribution in [2.24, 2.45) is 10.9 Å². The first-order valence-corrected chi connectivity index (χ1v) is 11.1. The van der Waals surface area contributed by atoms with Crippen molar-refractivity contribution < 1.29 is 4.74 Å². The molecular weight excluding hydrogens is 362 g/mol. The quantitative estimate of drug-likeness (QED) is 0.567. The lowest BCUT2D eigenvalue weighted by Crippen LogP contribution is -2.46. The Bertz CT molecular complexity index is 682. The number of benzene rings is 1. The Balaban J connectivity index is 1.62. The number of nitrogens with one attached hydrogen (secondary N) is 2. The number of para-hydroxylation sites is 1. The number of nitrogens with zero attached hydrogens (tertiary/aromatic N) is 3. The number of rotatable bonds is 6. The van der Waals surface area contributed by atoms with Crippen molar-refractivity contribution in [1.82, 2.24) is 20.4 Å². The Hall–Kier alpha value is -1.79. The molecule has 2 N–H and O–H groups in total. The van der Waals surface area contributed by atoms with Gasteiger partial charge in [0.05, 0.1) is 6.04 Å². The Morgan fingerprint density at radius 3 is 2.69 bits per heavy atom. The second-order valence-electron chi connectivity index (χ2n) is 9.23. The van der Waals surface area contributed by atoms with E-state index in [1.165, 1.54) is 18.7 Å². The number of likely N-dealkylation sites (N-methyl/N-ethyl adjacent to an activating group) is 1. The minimum absolute atomic E-state index is 0.195. The van der Waals surface area contributed by atoms with Crippen LogP contribution in [0.5, 0.6) is 5.75 Å². The lowest BCUT2D eigenvalue weighted by atomic mass is 9.90. The molecule has 0 saturated carbocycles. The monoisotopic (exact) mass is 401 g/mol. The van der Waals surface area contributed by atoms with E-state index in [2.05, 4.69) is 73.4 Å². The predicted octanol–water partition coefficient (Wildman–Crippen LogP) is 2.73. The van der Waals surface area contributed by atoms with E-state index in [0.717, 1.165) is 50.9 Å². The molecule has 2 aliphatic rings. The minimum atomic E-state index is -0.196. The molecule has 2 unspecified atom stereocenters. The highest BCUT2D eigenvalue weighted by atomic mass is 16.5. The third-order valence-electron chi connectivity index (χ3n) is 5.76. The van der Waals surface area contributed by atoms with Gasteiger partial charge in [-0.05, 0) is 39.8 Å². The molecule has 1 aromatic carbocycles. The molecule has 162 valence electrons. The minimum Gasteiger partial charge on any atom is -0.487 e. The van der Waals surface area contributed by atoms with Gasteiger partial charge in [0.15, 0.2) is 5.96 Å². The number of piperazine rings is 1. The van der Waals surface area contributed by atoms with Crippen molar-refractivity contribution in [1.29, 1.82) is 0 Å². The molecular formula is C23H39N5O. The topological polar surface area (TPSA) is 52.1 Å². The maximum atomic E-state index is 6.17. The summed E-state index contributed by atoms with van der Waals surface area (Å²) in [6, 6.07) is 8.53. The van der Waals surface area contributed by atoms with Crippen LogP contribution in [-0.2, 0) is 0 Å². The number of aliphatic imine (C=N–C) groups is 1. The molecule has 2 heterocycles. The van der Waals surface area contributed by atoms with E-state index < -0.39 is 0 Å². The van der Waals surface area contributed by atoms with Crippen LogP contribution in [0.4, 0.5) is 0 Å². The summed E-state index contributed by atoms with van der Waals surface area (Å²) in [6.45, 7) is 16.2. The maximum absolute atomic E-state index is 6.17. The lowest BCUT2D eigenvalue weighted by molar-refractivity contribution is 0.0694. The summed E-state index contributed by atoms with van der Waals surface area (Å²) in [5.41, 5.74) is 1.01. The third kappa shape index (κ3) is 6.34. The van der Waals surface area contributed by atoms with Gasteiger partial charge in [-0.15, -0.1) is 0 Å². The van der Waals surface area contributed by atoms with Gasteiger partial charge < -0.3 is 25.2 Å². The van der Waals surface area contributed by atoms with Gasteiger partial charge in [-0.2, -0.15) is 0 Å². The van der Waals surface area contributed by atoms with Crippen LogP contribution in [0.25, 0.3) is 0 Å². The van der Waals surface area contributed by atoms with E-state index in [4.69, 9.17) is 9.73 Å². The molecule has 1 saturated heterocycles. The third-order valence-corrected chi connectivity index (χ3v) is 5.76. The number of guanidine groups is 1. The number of ether oxygens (including phenoxy) is 1. The molecule has 0 radical (unpaired) electrons. The van der Waals surface area contributed by atoms with Crippen molar-refractivity contribution in [3.63, 3.8) is 0 Å². The zero-order valence-electron chi connectivity index (χ0n) is 18.9. The molecule has 0 spiro atoms. The van der Waals surface area contributed by atoms with Crippen molar-refractivity contribution in [3.05, 3.63) is 29.8 Å². The molecule has 1 aromatic rings. The highest BCUT2D eigenvalue weighted by Crippen LogP contribution is 2.39. The molecule has 0 bridgehead atoms. The summed E-state index contributed by atoms with van der Waals surface area (Å²) in [5.74, 6) is 2.41. The highest BCUT2D eigenvalue weighted by molar-refractivity contribution is 5.80. The first kappa shape index (κ1) is 21.9. The van der Waals surface area contributed by atoms with Gasteiger partial charge in [-0.3, -0.25) is 4.99 Å². The summed E-state index contributed by atoms with van der Waals surface area (Å²) in [5, 5.41) is 7.10. The van der Waals surface area contributed by atoms with E-state index in [9.17, 15) is 0 Å². The molecule has 2 atom stereocenters. The highest BCUT2D eigenvalue weighted by Gasteiger charge is 2.34. The number of hydrogen-bond acceptors (Lipinski definition) is 4. The average Bonchev–Trinajstić information content (AvgIpc) is 2.67. The maximum Gasteiger partial charge on any atom is 0.191 e. The van der Waals surface area contributed by atoms with Gasteiger partial charge in [-0.1, -0.05) is 25.1 Å². The summed E-state index contributed by atoms with van der Waals surface area (Å²) in [7, 11) is 2.20. The fraction of sp³-hybridized carbons (Fsp3) is 0.696. The van der Waals surface area contributed by atoms with Crippen LogP contribution in [0.2, 0.25) is 0 Å². The van der Waals surface area contributed by atoms with Crippen LogP contribution in [0.15, 0.2) is 29.3 Å². The zero-order valence-corrected chi connectivity index (χ0v) is 18.9. The van der Waals surface area contributed by atoms with E-state index in [1.807, 2.05) is 6.07 Å². The predicted molar refractivity (Wildman–Crippen MR) is 121 cm³/mol. The van der Waals surface area contributed by atoms with Crippen LogP contribution in [-0.4, -0.2) is 74.2 Å². The van der Waals surface area contributed by atoms with Crippen LogP contribution in [0.3, 0.4) is 0 Å². The van der Waals surface area contributed by atoms with Gasteiger partial charge in [0, 0.05) is 57.8 Å². The van der Waals surface area contributed by atoms with E-state index in [-0.39, 0.29) is 11.6 Å². The van der Waals surface area contributed by atoms with Crippen molar-refractivity contribution in [2.45, 2.75) is 45.8 Å². The molecule has 2 aliphatic heterocycles. The van der Waals surface area contributed by atoms with Crippen molar-refractivity contribution in [3.8, 4) is 5.75 Å². The van der Waals surface area contributed by atoms with Crippen LogP contribution in [0.1, 0.15) is 45.7 Å². The van der Waals surface area contributed by atoms with Crippen LogP contribution in [0, 0.1) is 5.92 Å². The first-order chi connectivity index (χ1) is 13.9. The molecule has 0 aromatic heterocycles. The average molecular weight is 402 g/mol. The molecule has 29 heavy (non-hydrogen) atoms. The Kier molecular flexibility index (Phi) is 7.41. The van der Waals surface area contributed by atoms with E-state index in [1.54, 1.807) is 0 Å². The second kappa shape index (κ2) is 9.81. The standard InChI is InChI=1S/C23H39N5O/c1-6-24-22(25-16-18(2)17-28-13-11-27(5)12-14-28)26-20-15-23(3,4)29-21-10-8-7-9-19(20)21/h7-10,18,20H,6,11-17H2,1-5H3,(H2,24,25,26). The first-order valence-electron chi connectivity index (χ1n) is 11.1. The summed E-state index contributed by atoms with van der Waals surface area (Å²) in [6.07, 6.45) is 0.908. The molecule has 6 nitrogen and oxygen atoms in total. The lowest BCUT2D eigenvalue weighted by Gasteiger charge is -2.38. The summed E-state index contributed by atoms with van der Waals surface area (Å²) < 4.78 is 6.17. The fourth-order valence-corrected chi connectivity index (χ4v) is 4.19. The smallest absolute Gasteiger partial charge is 0.191 e. The SMILES string of the molecule is CCNC(=NCC(C)CN1CCN(C)CC1)NC1CC(C)(C)Oc2ccccc21. The zero-order chi connectivity index (χ0) is 20.9. The van der Waals surface area contributed by atoms with Crippen molar-refractivity contribution in [2.75, 3.05) is 52.9 Å². The normalized spacial score (nSPS) is 23.8. The molecule has 0 amide bonds. The van der Waals surface area contributed by atoms with E-state index >= 15 is 0 Å². The fourth-order valence-electron chi connectivity index (χ4n) is 4.19. The summed E-state index contributed by atoms with van der Waals surface area (Å²) >= 11 is 0. The van der Waals surface area contributed by atoms with Gasteiger partial charge in [-0.25, -0.2) is 0 Å². The Morgan fingerprint density at radius 2 is 1.97 bits per heavy atom. The molecule has 6 heteroatoms. The molecule has 1 fully saturated rings. The van der Waals surface area contributed by atoms with E-state index in [0.29, 0.717) is 5.92 Å². The van der Waals surface area contributed by atoms with Gasteiger partial charge in [0.2, 0.25) is 0 Å². The Labute approximate surface area is 176 Å². The summed E-state index contributed by atoms with van der Waals surface area (Å²) in [4.78, 5) is 9.89. The van der Waals surface area contributed by atoms with Gasteiger partial charge >= 0.3 is 0 Å². The molecule has 0 aliphatic carbocycles. The number of fused-ring (bicyclic) bond motifs is 1. The van der Waals surface area contributed by atoms with Crippen LogP contribution >= 0.6 is 0 Å². The Morgan fingerprint density at radius 1 is 1.24 bits per heavy atom. The van der Waals surface area contributed by atoms with Gasteiger partial charge in [0.1, 0.15) is 11.4 Å². The second-order valence-corrected chi connectivity index (χ2v) is 9.23. The largest absolute Gasteiger partial charge is 0.487 e. The number of hydrogen-bond donors (Lipinski definition) is 2. The van der Waals surface area contributed by atoms with Gasteiger partial charge in [0.25, 0.3) is 0 Å². The van der Waals surface area contributed by atoms with Crippen LogP contribution < -0.4 is 15.4 Å². The van der Waals surface area contributed by atoms with Crippen molar-refractivity contribution >= 4 is 5.96 Å².